The monoisotopic (exact) mass is 351 g/mol. The highest BCUT2D eigenvalue weighted by atomic mass is 35.5. The molecule has 1 saturated carbocycles. The SMILES string of the molecule is CC(CC(=O)N1CCN(C2CC2)CC1)C1CCCNC1.Cl.Cl. The first-order valence-corrected chi connectivity index (χ1v) is 8.46. The number of carbonyl (C=O) groups is 1. The van der Waals surface area contributed by atoms with Gasteiger partial charge >= 0.3 is 0 Å². The molecule has 0 bridgehead atoms. The summed E-state index contributed by atoms with van der Waals surface area (Å²) in [5, 5.41) is 3.46. The van der Waals surface area contributed by atoms with E-state index in [1.807, 2.05) is 0 Å². The van der Waals surface area contributed by atoms with Crippen molar-refractivity contribution in [1.29, 1.82) is 0 Å². The average molecular weight is 352 g/mol. The third-order valence-corrected chi connectivity index (χ3v) is 5.37. The average Bonchev–Trinajstić information content (AvgIpc) is 3.33. The lowest BCUT2D eigenvalue weighted by atomic mass is 9.85. The zero-order valence-electron chi connectivity index (χ0n) is 13.6. The summed E-state index contributed by atoms with van der Waals surface area (Å²) < 4.78 is 0. The third kappa shape index (κ3) is 5.26. The fraction of sp³-hybridized carbons (Fsp3) is 0.938. The zero-order valence-corrected chi connectivity index (χ0v) is 15.3. The Bertz CT molecular complexity index is 338. The second kappa shape index (κ2) is 9.31. The number of nitrogens with zero attached hydrogens (tertiary/aromatic N) is 2. The number of hydrogen-bond donors (Lipinski definition) is 1. The van der Waals surface area contributed by atoms with E-state index in [9.17, 15) is 4.79 Å². The molecular weight excluding hydrogens is 321 g/mol. The maximum absolute atomic E-state index is 12.4. The first kappa shape index (κ1) is 20.0. The number of nitrogens with one attached hydrogen (secondary N) is 1. The predicted octanol–water partition coefficient (Wildman–Crippen LogP) is 2.16. The number of halogens is 2. The molecule has 0 aromatic rings. The molecule has 0 radical (unpaired) electrons. The van der Waals surface area contributed by atoms with E-state index in [1.54, 1.807) is 0 Å². The van der Waals surface area contributed by atoms with Crippen molar-refractivity contribution in [3.63, 3.8) is 0 Å². The van der Waals surface area contributed by atoms with E-state index in [1.165, 1.54) is 25.7 Å². The number of carbonyl (C=O) groups excluding carboxylic acids is 1. The molecule has 2 aliphatic heterocycles. The van der Waals surface area contributed by atoms with Crippen LogP contribution in [0.2, 0.25) is 0 Å². The largest absolute Gasteiger partial charge is 0.340 e. The van der Waals surface area contributed by atoms with Crippen molar-refractivity contribution >= 4 is 30.7 Å². The second-order valence-electron chi connectivity index (χ2n) is 6.94. The van der Waals surface area contributed by atoms with Crippen molar-refractivity contribution < 1.29 is 4.79 Å². The van der Waals surface area contributed by atoms with Crippen molar-refractivity contribution in [2.45, 2.75) is 45.1 Å². The zero-order chi connectivity index (χ0) is 13.9. The van der Waals surface area contributed by atoms with Gasteiger partial charge in [0.15, 0.2) is 0 Å². The number of amides is 1. The maximum atomic E-state index is 12.4. The third-order valence-electron chi connectivity index (χ3n) is 5.37. The predicted molar refractivity (Wildman–Crippen MR) is 95.0 cm³/mol. The molecule has 2 atom stereocenters. The fourth-order valence-electron chi connectivity index (χ4n) is 3.71. The molecule has 0 aromatic carbocycles. The van der Waals surface area contributed by atoms with Crippen LogP contribution in [0.3, 0.4) is 0 Å². The lowest BCUT2D eigenvalue weighted by Gasteiger charge is -2.36. The summed E-state index contributed by atoms with van der Waals surface area (Å²) in [4.78, 5) is 17.1. The van der Waals surface area contributed by atoms with E-state index >= 15 is 0 Å². The minimum atomic E-state index is 0. The van der Waals surface area contributed by atoms with Gasteiger partial charge in [0.2, 0.25) is 5.91 Å². The Balaban J connectivity index is 0.00000121. The molecule has 4 nitrogen and oxygen atoms in total. The summed E-state index contributed by atoms with van der Waals surface area (Å²) in [7, 11) is 0. The van der Waals surface area contributed by atoms with Crippen LogP contribution in [-0.2, 0) is 4.79 Å². The summed E-state index contributed by atoms with van der Waals surface area (Å²) >= 11 is 0. The van der Waals surface area contributed by atoms with Gasteiger partial charge in [-0.25, -0.2) is 0 Å². The number of hydrogen-bond acceptors (Lipinski definition) is 3. The lowest BCUT2D eigenvalue weighted by Crippen LogP contribution is -2.49. The van der Waals surface area contributed by atoms with Crippen molar-refractivity contribution in [2.75, 3.05) is 39.3 Å². The van der Waals surface area contributed by atoms with Crippen LogP contribution in [0.1, 0.15) is 39.0 Å². The molecule has 2 saturated heterocycles. The molecule has 0 aromatic heterocycles. The maximum Gasteiger partial charge on any atom is 0.222 e. The number of piperidine rings is 1. The molecule has 2 heterocycles. The van der Waals surface area contributed by atoms with E-state index < -0.39 is 0 Å². The number of rotatable bonds is 4. The van der Waals surface area contributed by atoms with Crippen LogP contribution in [0, 0.1) is 11.8 Å². The van der Waals surface area contributed by atoms with Crippen LogP contribution >= 0.6 is 24.8 Å². The smallest absolute Gasteiger partial charge is 0.222 e. The molecule has 0 spiro atoms. The van der Waals surface area contributed by atoms with Gasteiger partial charge in [-0.2, -0.15) is 0 Å². The Labute approximate surface area is 147 Å². The van der Waals surface area contributed by atoms with E-state index in [-0.39, 0.29) is 24.8 Å². The molecule has 22 heavy (non-hydrogen) atoms. The quantitative estimate of drug-likeness (QED) is 0.842. The van der Waals surface area contributed by atoms with Gasteiger partial charge in [0.05, 0.1) is 0 Å². The van der Waals surface area contributed by atoms with E-state index in [0.29, 0.717) is 17.7 Å². The van der Waals surface area contributed by atoms with Gasteiger partial charge in [0.1, 0.15) is 0 Å². The molecule has 1 aliphatic carbocycles. The Morgan fingerprint density at radius 3 is 2.36 bits per heavy atom. The minimum Gasteiger partial charge on any atom is -0.340 e. The molecule has 6 heteroatoms. The normalized spacial score (nSPS) is 27.5. The van der Waals surface area contributed by atoms with Gasteiger partial charge in [-0.3, -0.25) is 9.69 Å². The van der Waals surface area contributed by atoms with Crippen LogP contribution in [0.15, 0.2) is 0 Å². The van der Waals surface area contributed by atoms with Crippen molar-refractivity contribution in [3.8, 4) is 0 Å². The number of piperazine rings is 1. The van der Waals surface area contributed by atoms with Gasteiger partial charge in [0, 0.05) is 38.6 Å². The Kier molecular flexibility index (Phi) is 8.47. The second-order valence-corrected chi connectivity index (χ2v) is 6.94. The summed E-state index contributed by atoms with van der Waals surface area (Å²) in [5.41, 5.74) is 0. The molecule has 3 aliphatic rings. The van der Waals surface area contributed by atoms with E-state index in [2.05, 4.69) is 22.0 Å². The van der Waals surface area contributed by atoms with Crippen LogP contribution in [0.25, 0.3) is 0 Å². The summed E-state index contributed by atoms with van der Waals surface area (Å²) in [6.45, 7) is 8.60. The highest BCUT2D eigenvalue weighted by Crippen LogP contribution is 2.28. The molecular formula is C16H31Cl2N3O. The molecule has 1 amide bonds. The molecule has 1 N–H and O–H groups in total. The van der Waals surface area contributed by atoms with Gasteiger partial charge < -0.3 is 10.2 Å². The first-order chi connectivity index (χ1) is 9.74. The minimum absolute atomic E-state index is 0. The van der Waals surface area contributed by atoms with E-state index in [0.717, 1.165) is 51.7 Å². The summed E-state index contributed by atoms with van der Waals surface area (Å²) in [6.07, 6.45) is 6.05. The molecule has 130 valence electrons. The standard InChI is InChI=1S/C16H29N3O.2ClH/c1-13(14-3-2-6-17-12-14)11-16(20)19-9-7-18(8-10-19)15-4-5-15;;/h13-15,17H,2-12H2,1H3;2*1H. The Hall–Kier alpha value is -0.0300. The summed E-state index contributed by atoms with van der Waals surface area (Å²) in [5.74, 6) is 1.61. The van der Waals surface area contributed by atoms with Crippen LogP contribution in [0.4, 0.5) is 0 Å². The van der Waals surface area contributed by atoms with Crippen molar-refractivity contribution in [3.05, 3.63) is 0 Å². The van der Waals surface area contributed by atoms with Crippen LogP contribution in [-0.4, -0.2) is 61.0 Å². The lowest BCUT2D eigenvalue weighted by molar-refractivity contribution is -0.134. The van der Waals surface area contributed by atoms with Crippen molar-refractivity contribution in [1.82, 2.24) is 15.1 Å². The van der Waals surface area contributed by atoms with E-state index in [4.69, 9.17) is 0 Å². The van der Waals surface area contributed by atoms with Crippen LogP contribution < -0.4 is 5.32 Å². The van der Waals surface area contributed by atoms with Crippen LogP contribution in [0.5, 0.6) is 0 Å². The molecule has 2 unspecified atom stereocenters. The van der Waals surface area contributed by atoms with Crippen molar-refractivity contribution in [2.24, 2.45) is 11.8 Å². The highest BCUT2D eigenvalue weighted by molar-refractivity contribution is 5.85. The van der Waals surface area contributed by atoms with Gasteiger partial charge in [-0.15, -0.1) is 24.8 Å². The fourth-order valence-corrected chi connectivity index (χ4v) is 3.71. The summed E-state index contributed by atoms with van der Waals surface area (Å²) in [6, 6.07) is 0.847. The van der Waals surface area contributed by atoms with Gasteiger partial charge in [0.25, 0.3) is 0 Å². The Morgan fingerprint density at radius 1 is 1.14 bits per heavy atom. The molecule has 3 rings (SSSR count). The van der Waals surface area contributed by atoms with Gasteiger partial charge in [-0.1, -0.05) is 6.92 Å². The Morgan fingerprint density at radius 2 is 1.82 bits per heavy atom. The molecule has 3 fully saturated rings. The topological polar surface area (TPSA) is 35.6 Å². The highest BCUT2D eigenvalue weighted by Gasteiger charge is 2.32. The van der Waals surface area contributed by atoms with Gasteiger partial charge in [-0.05, 0) is 50.6 Å². The first-order valence-electron chi connectivity index (χ1n) is 8.46.